The molecule has 0 aliphatic heterocycles. The van der Waals surface area contributed by atoms with Gasteiger partial charge in [-0.25, -0.2) is 0 Å². The highest BCUT2D eigenvalue weighted by molar-refractivity contribution is 6.67. The predicted octanol–water partition coefficient (Wildman–Crippen LogP) is 0.414. The maximum Gasteiger partial charge on any atom is 0.707 e. The van der Waals surface area contributed by atoms with Crippen LogP contribution in [0.4, 0.5) is 0 Å². The summed E-state index contributed by atoms with van der Waals surface area (Å²) in [6.07, 6.45) is 0. The molecule has 0 saturated heterocycles. The second-order valence-corrected chi connectivity index (χ2v) is 2.59. The molecular weight excluding hydrogens is 194 g/mol. The van der Waals surface area contributed by atoms with Crippen LogP contribution in [0.3, 0.4) is 0 Å². The number of hydrogen-bond acceptors (Lipinski definition) is 4. The number of hydrogen-bond donors (Lipinski definition) is 2. The second kappa shape index (κ2) is 4.27. The number of benzene rings is 1. The lowest BCUT2D eigenvalue weighted by molar-refractivity contribution is 0.108. The van der Waals surface area contributed by atoms with Gasteiger partial charge in [0, 0.05) is 5.56 Å². The largest absolute Gasteiger partial charge is 0.707 e. The summed E-state index contributed by atoms with van der Waals surface area (Å²) in [5.74, 6) is 0.247. The van der Waals surface area contributed by atoms with Crippen molar-refractivity contribution >= 4 is 24.2 Å². The Morgan fingerprint density at radius 1 is 1.31 bits per heavy atom. The fraction of sp³-hybridized carbons (Fsp3) is 0. The third-order valence-electron chi connectivity index (χ3n) is 1.32. The van der Waals surface area contributed by atoms with Gasteiger partial charge in [-0.05, 0) is 35.9 Å². The molecule has 0 radical (unpaired) electrons. The Balaban J connectivity index is 2.75. The zero-order valence-electron chi connectivity index (χ0n) is 6.48. The van der Waals surface area contributed by atoms with Crippen LogP contribution in [0.15, 0.2) is 24.3 Å². The summed E-state index contributed by atoms with van der Waals surface area (Å²) < 4.78 is 4.51. The molecule has 0 bridgehead atoms. The van der Waals surface area contributed by atoms with Gasteiger partial charge < -0.3 is 14.7 Å². The quantitative estimate of drug-likeness (QED) is 0.548. The van der Waals surface area contributed by atoms with Gasteiger partial charge in [0.1, 0.15) is 5.75 Å². The van der Waals surface area contributed by atoms with Crippen LogP contribution in [0.2, 0.25) is 0 Å². The molecule has 0 atom stereocenters. The summed E-state index contributed by atoms with van der Waals surface area (Å²) in [6.45, 7) is 0. The number of carbonyl (C=O) groups excluding carboxylic acids is 1. The summed E-state index contributed by atoms with van der Waals surface area (Å²) >= 11 is 5.18. The van der Waals surface area contributed by atoms with Crippen LogP contribution >= 0.6 is 11.6 Å². The first-order chi connectivity index (χ1) is 6.09. The average Bonchev–Trinajstić information content (AvgIpc) is 2.04. The van der Waals surface area contributed by atoms with Crippen LogP contribution in [-0.2, 0) is 0 Å². The number of halogens is 1. The smallest absolute Gasteiger partial charge is 0.512 e. The fourth-order valence-corrected chi connectivity index (χ4v) is 0.912. The lowest BCUT2D eigenvalue weighted by Crippen LogP contribution is -2.20. The molecule has 2 N–H and O–H groups in total. The van der Waals surface area contributed by atoms with Gasteiger partial charge in [0.2, 0.25) is 0 Å². The van der Waals surface area contributed by atoms with Gasteiger partial charge in [0.05, 0.1) is 0 Å². The van der Waals surface area contributed by atoms with Crippen molar-refractivity contribution in [2.75, 3.05) is 0 Å². The van der Waals surface area contributed by atoms with E-state index in [2.05, 4.69) is 4.65 Å². The Kier molecular flexibility index (Phi) is 3.30. The van der Waals surface area contributed by atoms with Gasteiger partial charge in [0.15, 0.2) is 0 Å². The molecule has 13 heavy (non-hydrogen) atoms. The standard InChI is InChI=1S/C7H6BClO4/c9-7(10)5-1-3-6(4-2-5)13-8(11)12/h1-4,11-12H. The molecule has 0 unspecified atom stereocenters. The van der Waals surface area contributed by atoms with Crippen LogP contribution < -0.4 is 4.65 Å². The van der Waals surface area contributed by atoms with E-state index in [1.807, 2.05) is 0 Å². The summed E-state index contributed by atoms with van der Waals surface area (Å²) in [4.78, 5) is 10.6. The van der Waals surface area contributed by atoms with Crippen molar-refractivity contribution < 1.29 is 19.5 Å². The van der Waals surface area contributed by atoms with E-state index in [0.29, 0.717) is 5.56 Å². The molecule has 0 spiro atoms. The summed E-state index contributed by atoms with van der Waals surface area (Å²) in [5.41, 5.74) is 0.321. The average molecular weight is 200 g/mol. The third kappa shape index (κ3) is 3.06. The van der Waals surface area contributed by atoms with E-state index in [4.69, 9.17) is 21.6 Å². The normalized spacial score (nSPS) is 9.46. The highest BCUT2D eigenvalue weighted by Crippen LogP contribution is 2.13. The Hall–Kier alpha value is -1.04. The van der Waals surface area contributed by atoms with Crippen molar-refractivity contribution in [3.63, 3.8) is 0 Å². The first-order valence-electron chi connectivity index (χ1n) is 3.42. The second-order valence-electron chi connectivity index (χ2n) is 2.24. The van der Waals surface area contributed by atoms with Gasteiger partial charge >= 0.3 is 7.32 Å². The Morgan fingerprint density at radius 2 is 1.85 bits per heavy atom. The topological polar surface area (TPSA) is 66.8 Å². The Labute approximate surface area is 79.9 Å². The highest BCUT2D eigenvalue weighted by Gasteiger charge is 2.11. The van der Waals surface area contributed by atoms with Gasteiger partial charge in [-0.3, -0.25) is 4.79 Å². The van der Waals surface area contributed by atoms with E-state index < -0.39 is 12.6 Å². The van der Waals surface area contributed by atoms with Gasteiger partial charge in [0.25, 0.3) is 5.24 Å². The molecule has 0 saturated carbocycles. The molecule has 1 aromatic carbocycles. The van der Waals surface area contributed by atoms with Crippen LogP contribution in [0.5, 0.6) is 5.75 Å². The van der Waals surface area contributed by atoms with E-state index in [1.54, 1.807) is 0 Å². The molecule has 1 aromatic rings. The molecule has 6 heteroatoms. The monoisotopic (exact) mass is 200 g/mol. The van der Waals surface area contributed by atoms with E-state index >= 15 is 0 Å². The molecule has 0 aliphatic rings. The van der Waals surface area contributed by atoms with Crippen LogP contribution in [-0.4, -0.2) is 22.6 Å². The van der Waals surface area contributed by atoms with E-state index in [0.717, 1.165) is 0 Å². The van der Waals surface area contributed by atoms with Crippen molar-refractivity contribution in [1.82, 2.24) is 0 Å². The fourth-order valence-electron chi connectivity index (χ4n) is 0.786. The maximum absolute atomic E-state index is 10.6. The predicted molar refractivity (Wildman–Crippen MR) is 47.4 cm³/mol. The first kappa shape index (κ1) is 10.0. The number of rotatable bonds is 3. The van der Waals surface area contributed by atoms with Gasteiger partial charge in [-0.2, -0.15) is 0 Å². The van der Waals surface area contributed by atoms with Crippen LogP contribution in [0.25, 0.3) is 0 Å². The van der Waals surface area contributed by atoms with Crippen molar-refractivity contribution in [2.45, 2.75) is 0 Å². The molecule has 0 aliphatic carbocycles. The van der Waals surface area contributed by atoms with Crippen molar-refractivity contribution in [3.05, 3.63) is 29.8 Å². The molecule has 1 rings (SSSR count). The minimum absolute atomic E-state index is 0.247. The Morgan fingerprint density at radius 3 is 2.23 bits per heavy atom. The number of carbonyl (C=O) groups is 1. The summed E-state index contributed by atoms with van der Waals surface area (Å²) in [5, 5.41) is 16.3. The molecular formula is C7H6BClO4. The summed E-state index contributed by atoms with van der Waals surface area (Å²) in [7, 11) is -1.86. The SMILES string of the molecule is O=C(Cl)c1ccc(OB(O)O)cc1. The molecule has 0 heterocycles. The first-order valence-corrected chi connectivity index (χ1v) is 3.80. The minimum atomic E-state index is -1.86. The molecule has 0 fully saturated rings. The van der Waals surface area contributed by atoms with Crippen LogP contribution in [0.1, 0.15) is 10.4 Å². The Bertz CT molecular complexity index is 298. The van der Waals surface area contributed by atoms with E-state index in [9.17, 15) is 4.79 Å². The third-order valence-corrected chi connectivity index (χ3v) is 1.54. The van der Waals surface area contributed by atoms with Gasteiger partial charge in [-0.1, -0.05) is 0 Å². The van der Waals surface area contributed by atoms with Crippen molar-refractivity contribution in [1.29, 1.82) is 0 Å². The van der Waals surface area contributed by atoms with Gasteiger partial charge in [-0.15, -0.1) is 0 Å². The highest BCUT2D eigenvalue weighted by atomic mass is 35.5. The summed E-state index contributed by atoms with van der Waals surface area (Å²) in [6, 6.07) is 5.67. The molecule has 0 aromatic heterocycles. The molecule has 68 valence electrons. The zero-order valence-corrected chi connectivity index (χ0v) is 7.23. The lowest BCUT2D eigenvalue weighted by atomic mass is 10.2. The lowest BCUT2D eigenvalue weighted by Gasteiger charge is -2.03. The zero-order chi connectivity index (χ0) is 9.84. The molecule has 0 amide bonds. The maximum atomic E-state index is 10.6. The molecule has 4 nitrogen and oxygen atoms in total. The van der Waals surface area contributed by atoms with Crippen molar-refractivity contribution in [2.24, 2.45) is 0 Å². The van der Waals surface area contributed by atoms with Crippen molar-refractivity contribution in [3.8, 4) is 5.75 Å². The minimum Gasteiger partial charge on any atom is -0.512 e. The van der Waals surface area contributed by atoms with Crippen LogP contribution in [0, 0.1) is 0 Å². The van der Waals surface area contributed by atoms with E-state index in [1.165, 1.54) is 24.3 Å². The van der Waals surface area contributed by atoms with E-state index in [-0.39, 0.29) is 5.75 Å².